The number of rotatable bonds is 2. The van der Waals surface area contributed by atoms with Crippen molar-refractivity contribution in [3.05, 3.63) is 35.9 Å². The highest BCUT2D eigenvalue weighted by molar-refractivity contribution is 5.78. The van der Waals surface area contributed by atoms with Gasteiger partial charge in [0, 0.05) is 71.5 Å². The Hall–Kier alpha value is -3.34. The van der Waals surface area contributed by atoms with E-state index in [4.69, 9.17) is 0 Å². The number of aliphatic imine (C=N–C) groups is 2. The molecule has 2 aliphatic rings. The molecule has 4 rings (SSSR count). The minimum Gasteiger partial charge on any atom is -0.352 e. The molecule has 2 aliphatic heterocycles. The molecule has 2 aromatic heterocycles. The van der Waals surface area contributed by atoms with Crippen LogP contribution in [0.25, 0.3) is 11.0 Å². The third kappa shape index (κ3) is 3.56. The van der Waals surface area contributed by atoms with Crippen LogP contribution in [0.1, 0.15) is 0 Å². The van der Waals surface area contributed by atoms with Gasteiger partial charge in [-0.2, -0.15) is 9.98 Å². The SMILES string of the molecule is CN1CCN(C)C1=C=Nc1ccc2ccc(N=C=C3N(C)CCN3C)nc2n1. The van der Waals surface area contributed by atoms with Crippen LogP contribution >= 0.6 is 0 Å². The Morgan fingerprint density at radius 2 is 1.07 bits per heavy atom. The van der Waals surface area contributed by atoms with Crippen LogP contribution in [0, 0.1) is 0 Å². The Balaban J connectivity index is 1.66. The largest absolute Gasteiger partial charge is 0.352 e. The number of hydrogen-bond acceptors (Lipinski definition) is 8. The van der Waals surface area contributed by atoms with Gasteiger partial charge in [-0.15, -0.1) is 0 Å². The van der Waals surface area contributed by atoms with Crippen molar-refractivity contribution in [1.29, 1.82) is 0 Å². The molecule has 2 fully saturated rings. The summed E-state index contributed by atoms with van der Waals surface area (Å²) in [5, 5.41) is 0.948. The molecule has 2 saturated heterocycles. The lowest BCUT2D eigenvalue weighted by Crippen LogP contribution is -2.16. The number of nitrogens with zero attached hydrogens (tertiary/aromatic N) is 8. The first-order valence-corrected chi connectivity index (χ1v) is 9.31. The van der Waals surface area contributed by atoms with Crippen LogP contribution in [0.15, 0.2) is 45.9 Å². The van der Waals surface area contributed by atoms with Crippen molar-refractivity contribution in [2.24, 2.45) is 9.98 Å². The maximum atomic E-state index is 4.55. The molecule has 8 heteroatoms. The van der Waals surface area contributed by atoms with E-state index in [2.05, 4.69) is 51.3 Å². The first-order valence-electron chi connectivity index (χ1n) is 9.31. The van der Waals surface area contributed by atoms with Crippen molar-refractivity contribution in [3.8, 4) is 0 Å². The van der Waals surface area contributed by atoms with E-state index in [0.29, 0.717) is 17.3 Å². The lowest BCUT2D eigenvalue weighted by Gasteiger charge is -2.13. The number of fused-ring (bicyclic) bond motifs is 1. The van der Waals surface area contributed by atoms with Gasteiger partial charge in [-0.05, 0) is 24.3 Å². The average Bonchev–Trinajstić information content (AvgIpc) is 3.19. The fourth-order valence-corrected chi connectivity index (χ4v) is 3.27. The van der Waals surface area contributed by atoms with E-state index in [1.54, 1.807) is 0 Å². The first-order chi connectivity index (χ1) is 13.5. The van der Waals surface area contributed by atoms with Gasteiger partial charge in [-0.25, -0.2) is 9.97 Å². The van der Waals surface area contributed by atoms with Crippen LogP contribution in [0.5, 0.6) is 0 Å². The molecule has 28 heavy (non-hydrogen) atoms. The molecule has 144 valence electrons. The van der Waals surface area contributed by atoms with Crippen LogP contribution in [0.4, 0.5) is 11.6 Å². The molecule has 0 radical (unpaired) electrons. The minimum absolute atomic E-state index is 0.580. The Bertz CT molecular complexity index is 927. The Morgan fingerprint density at radius 1 is 0.679 bits per heavy atom. The molecule has 0 bridgehead atoms. The van der Waals surface area contributed by atoms with E-state index in [-0.39, 0.29) is 0 Å². The molecule has 4 heterocycles. The zero-order chi connectivity index (χ0) is 19.7. The molecule has 8 nitrogen and oxygen atoms in total. The van der Waals surface area contributed by atoms with E-state index < -0.39 is 0 Å². The second-order valence-corrected chi connectivity index (χ2v) is 7.17. The minimum atomic E-state index is 0.580. The van der Waals surface area contributed by atoms with Gasteiger partial charge in [0.05, 0.1) is 0 Å². The highest BCUT2D eigenvalue weighted by Crippen LogP contribution is 2.19. The zero-order valence-electron chi connectivity index (χ0n) is 16.7. The van der Waals surface area contributed by atoms with Crippen molar-refractivity contribution in [2.75, 3.05) is 54.4 Å². The molecule has 0 atom stereocenters. The number of likely N-dealkylation sites (N-methyl/N-ethyl adjacent to an activating group) is 4. The van der Waals surface area contributed by atoms with E-state index in [9.17, 15) is 0 Å². The third-order valence-corrected chi connectivity index (χ3v) is 5.05. The van der Waals surface area contributed by atoms with Crippen molar-refractivity contribution >= 4 is 34.4 Å². The number of hydrogen-bond donors (Lipinski definition) is 0. The van der Waals surface area contributed by atoms with Crippen molar-refractivity contribution in [1.82, 2.24) is 29.6 Å². The smallest absolute Gasteiger partial charge is 0.168 e. The van der Waals surface area contributed by atoms with Gasteiger partial charge in [0.25, 0.3) is 0 Å². The zero-order valence-corrected chi connectivity index (χ0v) is 16.7. The normalized spacial score (nSPS) is 16.7. The third-order valence-electron chi connectivity index (χ3n) is 5.05. The number of pyridine rings is 2. The highest BCUT2D eigenvalue weighted by Gasteiger charge is 2.18. The van der Waals surface area contributed by atoms with Crippen LogP contribution in [0.3, 0.4) is 0 Å². The Labute approximate surface area is 164 Å². The Morgan fingerprint density at radius 3 is 1.46 bits per heavy atom. The lowest BCUT2D eigenvalue weighted by molar-refractivity contribution is 0.433. The molecule has 0 N–H and O–H groups in total. The molecule has 0 aromatic carbocycles. The summed E-state index contributed by atoms with van der Waals surface area (Å²) in [5.74, 6) is 9.29. The summed E-state index contributed by atoms with van der Waals surface area (Å²) < 4.78 is 0. The van der Waals surface area contributed by atoms with Gasteiger partial charge in [0.2, 0.25) is 0 Å². The lowest BCUT2D eigenvalue weighted by atomic mass is 10.3. The van der Waals surface area contributed by atoms with E-state index >= 15 is 0 Å². The topological polar surface area (TPSA) is 63.5 Å². The van der Waals surface area contributed by atoms with Crippen molar-refractivity contribution in [2.45, 2.75) is 0 Å². The van der Waals surface area contributed by atoms with Crippen LogP contribution < -0.4 is 0 Å². The maximum Gasteiger partial charge on any atom is 0.168 e. The van der Waals surface area contributed by atoms with Crippen LogP contribution in [-0.4, -0.2) is 95.7 Å². The quantitative estimate of drug-likeness (QED) is 0.743. The fourth-order valence-electron chi connectivity index (χ4n) is 3.27. The molecule has 0 unspecified atom stereocenters. The molecule has 0 spiro atoms. The molecule has 0 amide bonds. The second kappa shape index (κ2) is 7.35. The summed E-state index contributed by atoms with van der Waals surface area (Å²) in [7, 11) is 8.15. The summed E-state index contributed by atoms with van der Waals surface area (Å²) in [6.45, 7) is 3.90. The second-order valence-electron chi connectivity index (χ2n) is 7.17. The van der Waals surface area contributed by atoms with Gasteiger partial charge in [-0.3, -0.25) is 0 Å². The predicted octanol–water partition coefficient (Wildman–Crippen LogP) is 1.67. The van der Waals surface area contributed by atoms with Crippen molar-refractivity contribution < 1.29 is 0 Å². The van der Waals surface area contributed by atoms with Gasteiger partial charge in [0.1, 0.15) is 0 Å². The van der Waals surface area contributed by atoms with E-state index in [1.807, 2.05) is 52.5 Å². The molecule has 2 aromatic rings. The van der Waals surface area contributed by atoms with Gasteiger partial charge in [0.15, 0.2) is 28.9 Å². The van der Waals surface area contributed by atoms with Crippen LogP contribution in [-0.2, 0) is 0 Å². The van der Waals surface area contributed by atoms with E-state index in [1.165, 1.54) is 0 Å². The summed E-state index contributed by atoms with van der Waals surface area (Å²) in [6, 6.07) is 7.68. The van der Waals surface area contributed by atoms with Crippen molar-refractivity contribution in [3.63, 3.8) is 0 Å². The fraction of sp³-hybridized carbons (Fsp3) is 0.400. The highest BCUT2D eigenvalue weighted by atomic mass is 15.4. The van der Waals surface area contributed by atoms with E-state index in [0.717, 1.165) is 43.2 Å². The molecular weight excluding hydrogens is 352 g/mol. The summed E-state index contributed by atoms with van der Waals surface area (Å²) >= 11 is 0. The predicted molar refractivity (Wildman–Crippen MR) is 111 cm³/mol. The molecule has 0 aliphatic carbocycles. The number of aromatic nitrogens is 2. The van der Waals surface area contributed by atoms with Gasteiger partial charge < -0.3 is 19.6 Å². The summed E-state index contributed by atoms with van der Waals surface area (Å²) in [6.07, 6.45) is 0. The average molecular weight is 376 g/mol. The summed E-state index contributed by atoms with van der Waals surface area (Å²) in [4.78, 5) is 26.4. The standard InChI is InChI=1S/C20H24N8/c1-25-9-10-26(2)18(25)13-21-16-7-5-15-6-8-17(24-20(15)23-16)22-14-19-27(3)11-12-28(19)4/h5-8H,9-12H2,1-4H3. The molecule has 0 saturated carbocycles. The Kier molecular flexibility index (Phi) is 4.74. The van der Waals surface area contributed by atoms with Crippen LogP contribution in [0.2, 0.25) is 0 Å². The summed E-state index contributed by atoms with van der Waals surface area (Å²) in [5.41, 5.74) is 0.613. The maximum absolute atomic E-state index is 4.55. The van der Waals surface area contributed by atoms with Gasteiger partial charge >= 0.3 is 0 Å². The van der Waals surface area contributed by atoms with Gasteiger partial charge in [-0.1, -0.05) is 0 Å². The monoisotopic (exact) mass is 376 g/mol. The molecular formula is C20H24N8. The first kappa shape index (κ1) is 18.0.